The van der Waals surface area contributed by atoms with E-state index in [1.54, 1.807) is 6.07 Å². The van der Waals surface area contributed by atoms with Crippen molar-refractivity contribution in [1.29, 1.82) is 0 Å². The SMILES string of the molecule is CCc1cc(NC(=O)C(=O)NC(CC)CCO)ccc1C. The summed E-state index contributed by atoms with van der Waals surface area (Å²) in [6, 6.07) is 5.40. The summed E-state index contributed by atoms with van der Waals surface area (Å²) < 4.78 is 0. The van der Waals surface area contributed by atoms with Gasteiger partial charge in [-0.15, -0.1) is 0 Å². The second-order valence-electron chi connectivity index (χ2n) is 5.04. The quantitative estimate of drug-likeness (QED) is 0.699. The molecule has 21 heavy (non-hydrogen) atoms. The Morgan fingerprint density at radius 2 is 1.95 bits per heavy atom. The second-order valence-corrected chi connectivity index (χ2v) is 5.04. The van der Waals surface area contributed by atoms with E-state index in [-0.39, 0.29) is 12.6 Å². The summed E-state index contributed by atoms with van der Waals surface area (Å²) in [4.78, 5) is 23.7. The van der Waals surface area contributed by atoms with Gasteiger partial charge in [0.25, 0.3) is 0 Å². The number of nitrogens with one attached hydrogen (secondary N) is 2. The van der Waals surface area contributed by atoms with Crippen molar-refractivity contribution in [2.75, 3.05) is 11.9 Å². The zero-order valence-electron chi connectivity index (χ0n) is 12.9. The van der Waals surface area contributed by atoms with Crippen molar-refractivity contribution in [1.82, 2.24) is 5.32 Å². The first-order valence-electron chi connectivity index (χ1n) is 7.34. The van der Waals surface area contributed by atoms with Gasteiger partial charge < -0.3 is 15.7 Å². The highest BCUT2D eigenvalue weighted by molar-refractivity contribution is 6.39. The molecule has 1 aromatic rings. The van der Waals surface area contributed by atoms with Crippen molar-refractivity contribution in [3.8, 4) is 0 Å². The maximum Gasteiger partial charge on any atom is 0.313 e. The fraction of sp³-hybridized carbons (Fsp3) is 0.500. The van der Waals surface area contributed by atoms with Crippen LogP contribution in [0.5, 0.6) is 0 Å². The lowest BCUT2D eigenvalue weighted by Crippen LogP contribution is -2.42. The third-order valence-electron chi connectivity index (χ3n) is 3.50. The van der Waals surface area contributed by atoms with Gasteiger partial charge in [0.15, 0.2) is 0 Å². The zero-order valence-corrected chi connectivity index (χ0v) is 12.9. The van der Waals surface area contributed by atoms with Gasteiger partial charge in [-0.1, -0.05) is 19.9 Å². The van der Waals surface area contributed by atoms with Crippen LogP contribution in [0.15, 0.2) is 18.2 Å². The number of aryl methyl sites for hydroxylation is 2. The number of aliphatic hydroxyl groups excluding tert-OH is 1. The first-order chi connectivity index (χ1) is 10.0. The van der Waals surface area contributed by atoms with E-state index in [1.165, 1.54) is 0 Å². The summed E-state index contributed by atoms with van der Waals surface area (Å²) in [7, 11) is 0. The molecule has 0 spiro atoms. The van der Waals surface area contributed by atoms with E-state index in [2.05, 4.69) is 10.6 Å². The Kier molecular flexibility index (Phi) is 6.88. The number of carbonyl (C=O) groups excluding carboxylic acids is 2. The molecular weight excluding hydrogens is 268 g/mol. The molecule has 0 saturated heterocycles. The topological polar surface area (TPSA) is 78.4 Å². The van der Waals surface area contributed by atoms with Crippen molar-refractivity contribution in [2.45, 2.75) is 46.1 Å². The number of aliphatic hydroxyl groups is 1. The normalized spacial score (nSPS) is 11.8. The third kappa shape index (κ3) is 5.19. The first-order valence-corrected chi connectivity index (χ1v) is 7.34. The first kappa shape index (κ1) is 17.2. The summed E-state index contributed by atoms with van der Waals surface area (Å²) in [5, 5.41) is 14.1. The molecule has 116 valence electrons. The lowest BCUT2D eigenvalue weighted by Gasteiger charge is -2.15. The van der Waals surface area contributed by atoms with Gasteiger partial charge >= 0.3 is 11.8 Å². The Balaban J connectivity index is 2.65. The maximum absolute atomic E-state index is 11.9. The zero-order chi connectivity index (χ0) is 15.8. The highest BCUT2D eigenvalue weighted by Gasteiger charge is 2.17. The van der Waals surface area contributed by atoms with Crippen molar-refractivity contribution in [3.05, 3.63) is 29.3 Å². The van der Waals surface area contributed by atoms with Crippen LogP contribution in [-0.2, 0) is 16.0 Å². The third-order valence-corrected chi connectivity index (χ3v) is 3.50. The molecule has 0 aliphatic carbocycles. The summed E-state index contributed by atoms with van der Waals surface area (Å²) in [5.41, 5.74) is 2.92. The van der Waals surface area contributed by atoms with E-state index in [9.17, 15) is 9.59 Å². The van der Waals surface area contributed by atoms with Crippen molar-refractivity contribution in [3.63, 3.8) is 0 Å². The maximum atomic E-state index is 11.9. The van der Waals surface area contributed by atoms with Gasteiger partial charge in [-0.2, -0.15) is 0 Å². The van der Waals surface area contributed by atoms with Crippen LogP contribution in [-0.4, -0.2) is 29.6 Å². The minimum atomic E-state index is -0.683. The van der Waals surface area contributed by atoms with E-state index in [4.69, 9.17) is 5.11 Å². The average molecular weight is 292 g/mol. The molecule has 1 aromatic carbocycles. The summed E-state index contributed by atoms with van der Waals surface area (Å²) in [6.45, 7) is 5.93. The fourth-order valence-corrected chi connectivity index (χ4v) is 2.10. The van der Waals surface area contributed by atoms with Crippen LogP contribution in [0.1, 0.15) is 37.8 Å². The Hall–Kier alpha value is -1.88. The predicted octanol–water partition coefficient (Wildman–Crippen LogP) is 1.77. The van der Waals surface area contributed by atoms with Gasteiger partial charge in [-0.3, -0.25) is 9.59 Å². The molecule has 0 fully saturated rings. The molecule has 5 heteroatoms. The van der Waals surface area contributed by atoms with Crippen molar-refractivity contribution >= 4 is 17.5 Å². The number of rotatable bonds is 6. The Morgan fingerprint density at radius 1 is 1.24 bits per heavy atom. The van der Waals surface area contributed by atoms with E-state index in [1.807, 2.05) is 32.9 Å². The van der Waals surface area contributed by atoms with Crippen LogP contribution in [0.3, 0.4) is 0 Å². The van der Waals surface area contributed by atoms with Crippen LogP contribution in [0.4, 0.5) is 5.69 Å². The smallest absolute Gasteiger partial charge is 0.313 e. The van der Waals surface area contributed by atoms with Gasteiger partial charge in [-0.25, -0.2) is 0 Å². The molecule has 0 aromatic heterocycles. The van der Waals surface area contributed by atoms with Crippen LogP contribution in [0.2, 0.25) is 0 Å². The van der Waals surface area contributed by atoms with Crippen LogP contribution >= 0.6 is 0 Å². The summed E-state index contributed by atoms with van der Waals surface area (Å²) >= 11 is 0. The molecule has 0 radical (unpaired) electrons. The number of amides is 2. The molecule has 3 N–H and O–H groups in total. The monoisotopic (exact) mass is 292 g/mol. The minimum Gasteiger partial charge on any atom is -0.396 e. The average Bonchev–Trinajstić information content (AvgIpc) is 2.48. The van der Waals surface area contributed by atoms with E-state index < -0.39 is 11.8 Å². The molecule has 0 saturated carbocycles. The molecule has 0 aliphatic heterocycles. The Bertz CT molecular complexity index is 500. The molecule has 5 nitrogen and oxygen atoms in total. The van der Waals surface area contributed by atoms with Crippen LogP contribution < -0.4 is 10.6 Å². The molecule has 2 amide bonds. The molecule has 0 aliphatic rings. The molecule has 1 rings (SSSR count). The predicted molar refractivity (Wildman–Crippen MR) is 83.1 cm³/mol. The van der Waals surface area contributed by atoms with E-state index in [0.29, 0.717) is 18.5 Å². The van der Waals surface area contributed by atoms with Crippen LogP contribution in [0, 0.1) is 6.92 Å². The molecule has 1 unspecified atom stereocenters. The van der Waals surface area contributed by atoms with E-state index >= 15 is 0 Å². The van der Waals surface area contributed by atoms with Gasteiger partial charge in [0.2, 0.25) is 0 Å². The summed E-state index contributed by atoms with van der Waals surface area (Å²) in [5.74, 6) is -1.36. The standard InChI is InChI=1S/C16H24N2O3/c1-4-12-10-14(7-6-11(12)3)18-16(21)15(20)17-13(5-2)8-9-19/h6-7,10,13,19H,4-5,8-9H2,1-3H3,(H,17,20)(H,18,21). The van der Waals surface area contributed by atoms with Gasteiger partial charge in [0.05, 0.1) is 0 Å². The van der Waals surface area contributed by atoms with Gasteiger partial charge in [-0.05, 0) is 49.4 Å². The highest BCUT2D eigenvalue weighted by Crippen LogP contribution is 2.15. The van der Waals surface area contributed by atoms with E-state index in [0.717, 1.165) is 17.5 Å². The highest BCUT2D eigenvalue weighted by atomic mass is 16.3. The molecule has 1 atom stereocenters. The van der Waals surface area contributed by atoms with Gasteiger partial charge in [0.1, 0.15) is 0 Å². The largest absolute Gasteiger partial charge is 0.396 e. The molecular formula is C16H24N2O3. The lowest BCUT2D eigenvalue weighted by atomic mass is 10.1. The number of hydrogen-bond acceptors (Lipinski definition) is 3. The summed E-state index contributed by atoms with van der Waals surface area (Å²) in [6.07, 6.45) is 1.99. The minimum absolute atomic E-state index is 0.0156. The van der Waals surface area contributed by atoms with Crippen LogP contribution in [0.25, 0.3) is 0 Å². The molecule has 0 bridgehead atoms. The Morgan fingerprint density at radius 3 is 2.52 bits per heavy atom. The number of benzene rings is 1. The number of hydrogen-bond donors (Lipinski definition) is 3. The van der Waals surface area contributed by atoms with Crippen molar-refractivity contribution < 1.29 is 14.7 Å². The lowest BCUT2D eigenvalue weighted by molar-refractivity contribution is -0.136. The Labute approximate surface area is 125 Å². The fourth-order valence-electron chi connectivity index (χ4n) is 2.10. The second kappa shape index (κ2) is 8.42. The molecule has 0 heterocycles. The van der Waals surface area contributed by atoms with Gasteiger partial charge in [0, 0.05) is 18.3 Å². The number of anilines is 1. The van der Waals surface area contributed by atoms with Crippen molar-refractivity contribution in [2.24, 2.45) is 0 Å². The number of carbonyl (C=O) groups is 2.